The van der Waals surface area contributed by atoms with Crippen molar-refractivity contribution in [3.63, 3.8) is 0 Å². The SMILES string of the molecule is O=C1CCCCC1C1=CCN(Cc2ccccc2)CC1. The van der Waals surface area contributed by atoms with E-state index in [1.807, 2.05) is 0 Å². The third kappa shape index (κ3) is 3.18. The van der Waals surface area contributed by atoms with Crippen LogP contribution in [0.15, 0.2) is 42.0 Å². The van der Waals surface area contributed by atoms with Crippen LogP contribution in [-0.2, 0) is 11.3 Å². The second-order valence-electron chi connectivity index (χ2n) is 6.01. The summed E-state index contributed by atoms with van der Waals surface area (Å²) < 4.78 is 0. The van der Waals surface area contributed by atoms with Gasteiger partial charge < -0.3 is 0 Å². The third-order valence-electron chi connectivity index (χ3n) is 4.58. The van der Waals surface area contributed by atoms with Gasteiger partial charge in [-0.3, -0.25) is 9.69 Å². The predicted octanol–water partition coefficient (Wildman–Crippen LogP) is 3.58. The summed E-state index contributed by atoms with van der Waals surface area (Å²) in [5.74, 6) is 0.738. The highest BCUT2D eigenvalue weighted by Gasteiger charge is 2.27. The van der Waals surface area contributed by atoms with Crippen LogP contribution in [0.25, 0.3) is 0 Å². The molecule has 0 bridgehead atoms. The molecule has 0 N–H and O–H groups in total. The zero-order valence-corrected chi connectivity index (χ0v) is 12.1. The van der Waals surface area contributed by atoms with E-state index >= 15 is 0 Å². The lowest BCUT2D eigenvalue weighted by molar-refractivity contribution is -0.123. The van der Waals surface area contributed by atoms with Crippen molar-refractivity contribution in [2.45, 2.75) is 38.6 Å². The molecule has 1 heterocycles. The number of carbonyl (C=O) groups is 1. The van der Waals surface area contributed by atoms with Crippen LogP contribution < -0.4 is 0 Å². The Bertz CT molecular complexity index is 491. The summed E-state index contributed by atoms with van der Waals surface area (Å²) >= 11 is 0. The Balaban J connectivity index is 1.59. The zero-order chi connectivity index (χ0) is 13.8. The summed E-state index contributed by atoms with van der Waals surface area (Å²) in [4.78, 5) is 14.5. The molecule has 2 nitrogen and oxygen atoms in total. The van der Waals surface area contributed by atoms with Gasteiger partial charge in [-0.1, -0.05) is 48.4 Å². The highest BCUT2D eigenvalue weighted by Crippen LogP contribution is 2.30. The Kier molecular flexibility index (Phi) is 4.31. The Labute approximate surface area is 121 Å². The van der Waals surface area contributed by atoms with E-state index in [0.717, 1.165) is 45.3 Å². The lowest BCUT2D eigenvalue weighted by atomic mass is 9.80. The van der Waals surface area contributed by atoms with Crippen molar-refractivity contribution >= 4 is 5.78 Å². The average molecular weight is 269 g/mol. The molecule has 0 saturated heterocycles. The Hall–Kier alpha value is -1.41. The van der Waals surface area contributed by atoms with Crippen molar-refractivity contribution in [3.8, 4) is 0 Å². The summed E-state index contributed by atoms with van der Waals surface area (Å²) in [5.41, 5.74) is 2.79. The van der Waals surface area contributed by atoms with Crippen LogP contribution in [0, 0.1) is 5.92 Å². The van der Waals surface area contributed by atoms with E-state index in [2.05, 4.69) is 41.3 Å². The van der Waals surface area contributed by atoms with E-state index in [9.17, 15) is 4.79 Å². The lowest BCUT2D eigenvalue weighted by Crippen LogP contribution is -2.32. The number of hydrogen-bond acceptors (Lipinski definition) is 2. The Morgan fingerprint density at radius 1 is 1.10 bits per heavy atom. The van der Waals surface area contributed by atoms with Gasteiger partial charge in [0.25, 0.3) is 0 Å². The van der Waals surface area contributed by atoms with Crippen molar-refractivity contribution in [3.05, 3.63) is 47.5 Å². The summed E-state index contributed by atoms with van der Waals surface area (Å²) in [7, 11) is 0. The molecule has 1 aliphatic heterocycles. The van der Waals surface area contributed by atoms with Crippen LogP contribution in [-0.4, -0.2) is 23.8 Å². The number of hydrogen-bond donors (Lipinski definition) is 0. The minimum atomic E-state index is 0.252. The molecule has 0 aromatic heterocycles. The summed E-state index contributed by atoms with van der Waals surface area (Å²) in [6.07, 6.45) is 7.60. The normalized spacial score (nSPS) is 24.5. The van der Waals surface area contributed by atoms with Crippen molar-refractivity contribution < 1.29 is 4.79 Å². The zero-order valence-electron chi connectivity index (χ0n) is 12.1. The van der Waals surface area contributed by atoms with Gasteiger partial charge in [0.2, 0.25) is 0 Å². The molecule has 1 aromatic rings. The van der Waals surface area contributed by atoms with Gasteiger partial charge in [0.15, 0.2) is 0 Å². The van der Waals surface area contributed by atoms with E-state index in [4.69, 9.17) is 0 Å². The van der Waals surface area contributed by atoms with Gasteiger partial charge in [-0.05, 0) is 24.8 Å². The maximum Gasteiger partial charge on any atom is 0.139 e. The highest BCUT2D eigenvalue weighted by molar-refractivity contribution is 5.84. The minimum absolute atomic E-state index is 0.252. The van der Waals surface area contributed by atoms with E-state index in [1.54, 1.807) is 0 Å². The second-order valence-corrected chi connectivity index (χ2v) is 6.01. The maximum atomic E-state index is 12.0. The summed E-state index contributed by atoms with van der Waals surface area (Å²) in [5, 5.41) is 0. The molecular formula is C18H23NO. The van der Waals surface area contributed by atoms with Crippen molar-refractivity contribution in [2.75, 3.05) is 13.1 Å². The van der Waals surface area contributed by atoms with Crippen LogP contribution in [0.2, 0.25) is 0 Å². The molecule has 2 aliphatic rings. The van der Waals surface area contributed by atoms with Gasteiger partial charge in [0.1, 0.15) is 5.78 Å². The highest BCUT2D eigenvalue weighted by atomic mass is 16.1. The monoisotopic (exact) mass is 269 g/mol. The van der Waals surface area contributed by atoms with Gasteiger partial charge in [-0.15, -0.1) is 0 Å². The quantitative estimate of drug-likeness (QED) is 0.782. The number of Topliss-reactive ketones (excluding diaryl/α,β-unsaturated/α-hetero) is 1. The van der Waals surface area contributed by atoms with Crippen LogP contribution >= 0.6 is 0 Å². The van der Waals surface area contributed by atoms with E-state index < -0.39 is 0 Å². The van der Waals surface area contributed by atoms with Gasteiger partial charge in [-0.25, -0.2) is 0 Å². The third-order valence-corrected chi connectivity index (χ3v) is 4.58. The maximum absolute atomic E-state index is 12.0. The van der Waals surface area contributed by atoms with Crippen LogP contribution in [0.5, 0.6) is 0 Å². The molecular weight excluding hydrogens is 246 g/mol. The first kappa shape index (κ1) is 13.6. The number of nitrogens with zero attached hydrogens (tertiary/aromatic N) is 1. The van der Waals surface area contributed by atoms with Crippen LogP contribution in [0.1, 0.15) is 37.7 Å². The number of benzene rings is 1. The predicted molar refractivity (Wildman–Crippen MR) is 81.4 cm³/mol. The number of ketones is 1. The average Bonchev–Trinajstić information content (AvgIpc) is 2.50. The molecule has 1 saturated carbocycles. The van der Waals surface area contributed by atoms with Gasteiger partial charge in [0, 0.05) is 32.0 Å². The first-order chi connectivity index (χ1) is 9.83. The lowest BCUT2D eigenvalue weighted by Gasteiger charge is -2.31. The first-order valence-electron chi connectivity index (χ1n) is 7.81. The molecule has 106 valence electrons. The van der Waals surface area contributed by atoms with E-state index in [1.165, 1.54) is 17.6 Å². The van der Waals surface area contributed by atoms with Crippen molar-refractivity contribution in [1.29, 1.82) is 0 Å². The largest absolute Gasteiger partial charge is 0.299 e. The Morgan fingerprint density at radius 3 is 2.65 bits per heavy atom. The molecule has 1 atom stereocenters. The molecule has 1 fully saturated rings. The molecule has 3 rings (SSSR count). The fourth-order valence-corrected chi connectivity index (χ4v) is 3.40. The van der Waals surface area contributed by atoms with Gasteiger partial charge in [0.05, 0.1) is 0 Å². The Morgan fingerprint density at radius 2 is 1.95 bits per heavy atom. The second kappa shape index (κ2) is 6.36. The van der Waals surface area contributed by atoms with E-state index in [-0.39, 0.29) is 5.92 Å². The van der Waals surface area contributed by atoms with Gasteiger partial charge in [-0.2, -0.15) is 0 Å². The molecule has 1 aliphatic carbocycles. The molecule has 1 unspecified atom stereocenters. The molecule has 0 radical (unpaired) electrons. The van der Waals surface area contributed by atoms with Crippen LogP contribution in [0.4, 0.5) is 0 Å². The summed E-state index contributed by atoms with van der Waals surface area (Å²) in [6.45, 7) is 3.10. The molecule has 20 heavy (non-hydrogen) atoms. The standard InChI is InChI=1S/C18H23NO/c20-18-9-5-4-8-17(18)16-10-12-19(13-11-16)14-15-6-2-1-3-7-15/h1-3,6-7,10,17H,4-5,8-9,11-14H2. The molecule has 2 heteroatoms. The van der Waals surface area contributed by atoms with Crippen molar-refractivity contribution in [2.24, 2.45) is 5.92 Å². The smallest absolute Gasteiger partial charge is 0.139 e. The first-order valence-corrected chi connectivity index (χ1v) is 7.81. The number of carbonyl (C=O) groups excluding carboxylic acids is 1. The van der Waals surface area contributed by atoms with E-state index in [0.29, 0.717) is 5.78 Å². The molecule has 0 amide bonds. The fourth-order valence-electron chi connectivity index (χ4n) is 3.40. The number of rotatable bonds is 3. The summed E-state index contributed by atoms with van der Waals surface area (Å²) in [6, 6.07) is 10.6. The van der Waals surface area contributed by atoms with Gasteiger partial charge >= 0.3 is 0 Å². The molecule has 1 aromatic carbocycles. The topological polar surface area (TPSA) is 20.3 Å². The minimum Gasteiger partial charge on any atom is -0.299 e. The van der Waals surface area contributed by atoms with Crippen LogP contribution in [0.3, 0.4) is 0 Å². The van der Waals surface area contributed by atoms with Crippen molar-refractivity contribution in [1.82, 2.24) is 4.90 Å². The molecule has 0 spiro atoms. The fraction of sp³-hybridized carbons (Fsp3) is 0.500.